The van der Waals surface area contributed by atoms with Gasteiger partial charge in [0.2, 0.25) is 5.91 Å². The number of nitrogens with one attached hydrogen (secondary N) is 2. The Morgan fingerprint density at radius 3 is 2.47 bits per heavy atom. The minimum absolute atomic E-state index is 0.00166. The SMILES string of the molecule is C[C@@H](CO)NC(=O)[C@H]1C[C@H](S(=O)(=O)c2cc(C(=O)Nc3ccc(F)c(F)c3)ccc2Cl)C1. The number of aliphatic hydroxyl groups excluding tert-OH is 1. The molecule has 32 heavy (non-hydrogen) atoms. The third-order valence-electron chi connectivity index (χ3n) is 5.24. The van der Waals surface area contributed by atoms with Crippen molar-refractivity contribution in [2.24, 2.45) is 5.92 Å². The van der Waals surface area contributed by atoms with Gasteiger partial charge in [0, 0.05) is 29.3 Å². The molecule has 2 aromatic carbocycles. The molecule has 172 valence electrons. The monoisotopic (exact) mass is 486 g/mol. The molecule has 0 radical (unpaired) electrons. The summed E-state index contributed by atoms with van der Waals surface area (Å²) in [5.41, 5.74) is -0.0405. The van der Waals surface area contributed by atoms with E-state index in [-0.39, 0.29) is 46.5 Å². The first-order valence-electron chi connectivity index (χ1n) is 9.74. The highest BCUT2D eigenvalue weighted by molar-refractivity contribution is 7.92. The Hall–Kier alpha value is -2.56. The number of carbonyl (C=O) groups is 2. The van der Waals surface area contributed by atoms with E-state index in [1.165, 1.54) is 18.2 Å². The third kappa shape index (κ3) is 5.08. The van der Waals surface area contributed by atoms with Crippen LogP contribution >= 0.6 is 11.6 Å². The fraction of sp³-hybridized carbons (Fsp3) is 0.333. The molecular weight excluding hydrogens is 466 g/mol. The highest BCUT2D eigenvalue weighted by atomic mass is 35.5. The summed E-state index contributed by atoms with van der Waals surface area (Å²) in [6, 6.07) is 6.09. The summed E-state index contributed by atoms with van der Waals surface area (Å²) < 4.78 is 52.4. The molecule has 3 N–H and O–H groups in total. The minimum atomic E-state index is -3.93. The van der Waals surface area contributed by atoms with Crippen LogP contribution < -0.4 is 10.6 Å². The van der Waals surface area contributed by atoms with E-state index in [0.717, 1.165) is 18.2 Å². The predicted octanol–water partition coefficient (Wildman–Crippen LogP) is 2.92. The summed E-state index contributed by atoms with van der Waals surface area (Å²) in [6.07, 6.45) is 0.182. The van der Waals surface area contributed by atoms with Crippen molar-refractivity contribution in [1.29, 1.82) is 0 Å². The molecule has 0 heterocycles. The van der Waals surface area contributed by atoms with Crippen LogP contribution in [0, 0.1) is 17.6 Å². The molecule has 7 nitrogen and oxygen atoms in total. The second-order valence-electron chi connectivity index (χ2n) is 7.66. The largest absolute Gasteiger partial charge is 0.394 e. The predicted molar refractivity (Wildman–Crippen MR) is 114 cm³/mol. The van der Waals surface area contributed by atoms with Gasteiger partial charge in [-0.3, -0.25) is 9.59 Å². The smallest absolute Gasteiger partial charge is 0.255 e. The molecule has 1 aliphatic carbocycles. The van der Waals surface area contributed by atoms with E-state index < -0.39 is 44.6 Å². The van der Waals surface area contributed by atoms with Crippen molar-refractivity contribution >= 4 is 38.9 Å². The van der Waals surface area contributed by atoms with Gasteiger partial charge in [0.05, 0.1) is 21.8 Å². The number of hydrogen-bond donors (Lipinski definition) is 3. The van der Waals surface area contributed by atoms with Crippen LogP contribution in [-0.4, -0.2) is 43.2 Å². The summed E-state index contributed by atoms with van der Waals surface area (Å²) >= 11 is 6.09. The molecule has 0 bridgehead atoms. The third-order valence-corrected chi connectivity index (χ3v) is 7.90. The van der Waals surface area contributed by atoms with Crippen molar-refractivity contribution in [2.45, 2.75) is 36.0 Å². The number of sulfone groups is 1. The van der Waals surface area contributed by atoms with Crippen molar-refractivity contribution in [3.63, 3.8) is 0 Å². The molecule has 1 aliphatic rings. The topological polar surface area (TPSA) is 113 Å². The van der Waals surface area contributed by atoms with Gasteiger partial charge in [0.25, 0.3) is 5.91 Å². The second-order valence-corrected chi connectivity index (χ2v) is 10.3. The number of amides is 2. The number of rotatable bonds is 7. The Balaban J connectivity index is 1.74. The van der Waals surface area contributed by atoms with Crippen LogP contribution in [0.15, 0.2) is 41.3 Å². The van der Waals surface area contributed by atoms with Gasteiger partial charge in [-0.05, 0) is 50.1 Å². The average Bonchev–Trinajstić information content (AvgIpc) is 2.69. The van der Waals surface area contributed by atoms with Crippen LogP contribution in [-0.2, 0) is 14.6 Å². The molecule has 3 rings (SSSR count). The van der Waals surface area contributed by atoms with E-state index in [1.807, 2.05) is 0 Å². The van der Waals surface area contributed by atoms with E-state index in [1.54, 1.807) is 6.92 Å². The molecule has 11 heteroatoms. The first-order chi connectivity index (χ1) is 15.0. The van der Waals surface area contributed by atoms with Gasteiger partial charge in [-0.2, -0.15) is 0 Å². The maximum Gasteiger partial charge on any atom is 0.255 e. The lowest BCUT2D eigenvalue weighted by Gasteiger charge is -2.34. The molecule has 0 spiro atoms. The van der Waals surface area contributed by atoms with Gasteiger partial charge < -0.3 is 15.7 Å². The molecule has 1 saturated carbocycles. The van der Waals surface area contributed by atoms with E-state index in [4.69, 9.17) is 16.7 Å². The number of halogens is 3. The van der Waals surface area contributed by atoms with Crippen LogP contribution in [0.1, 0.15) is 30.1 Å². The van der Waals surface area contributed by atoms with E-state index in [0.29, 0.717) is 0 Å². The lowest BCUT2D eigenvalue weighted by Crippen LogP contribution is -2.47. The Kier molecular flexibility index (Phi) is 7.16. The number of benzene rings is 2. The van der Waals surface area contributed by atoms with Crippen LogP contribution in [0.5, 0.6) is 0 Å². The van der Waals surface area contributed by atoms with Crippen LogP contribution in [0.2, 0.25) is 5.02 Å². The first-order valence-corrected chi connectivity index (χ1v) is 11.7. The Morgan fingerprint density at radius 2 is 1.84 bits per heavy atom. The van der Waals surface area contributed by atoms with E-state index >= 15 is 0 Å². The molecule has 2 aromatic rings. The Bertz CT molecular complexity index is 1150. The van der Waals surface area contributed by atoms with Crippen LogP contribution in [0.4, 0.5) is 14.5 Å². The van der Waals surface area contributed by atoms with Crippen molar-refractivity contribution in [3.8, 4) is 0 Å². The number of anilines is 1. The van der Waals surface area contributed by atoms with Crippen LogP contribution in [0.3, 0.4) is 0 Å². The zero-order chi connectivity index (χ0) is 23.6. The zero-order valence-electron chi connectivity index (χ0n) is 16.9. The first kappa shape index (κ1) is 24.1. The number of aliphatic hydroxyl groups is 1. The molecular formula is C21H21ClF2N2O5S. The maximum absolute atomic E-state index is 13.4. The lowest BCUT2D eigenvalue weighted by molar-refractivity contribution is -0.128. The Morgan fingerprint density at radius 1 is 1.16 bits per heavy atom. The quantitative estimate of drug-likeness (QED) is 0.557. The van der Waals surface area contributed by atoms with Gasteiger partial charge in [-0.1, -0.05) is 11.6 Å². The summed E-state index contributed by atoms with van der Waals surface area (Å²) in [7, 11) is -3.93. The summed E-state index contributed by atoms with van der Waals surface area (Å²) in [6.45, 7) is 1.40. The summed E-state index contributed by atoms with van der Waals surface area (Å²) in [5, 5.41) is 13.1. The van der Waals surface area contributed by atoms with Crippen molar-refractivity contribution < 1.29 is 31.9 Å². The maximum atomic E-state index is 13.4. The van der Waals surface area contributed by atoms with Gasteiger partial charge in [-0.25, -0.2) is 17.2 Å². The molecule has 0 aliphatic heterocycles. The minimum Gasteiger partial charge on any atom is -0.394 e. The number of carbonyl (C=O) groups excluding carboxylic acids is 2. The fourth-order valence-electron chi connectivity index (χ4n) is 3.26. The molecule has 1 fully saturated rings. The normalized spacial score (nSPS) is 19.0. The summed E-state index contributed by atoms with van der Waals surface area (Å²) in [4.78, 5) is 24.3. The fourth-order valence-corrected chi connectivity index (χ4v) is 5.66. The lowest BCUT2D eigenvalue weighted by atomic mass is 9.84. The van der Waals surface area contributed by atoms with Gasteiger partial charge >= 0.3 is 0 Å². The zero-order valence-corrected chi connectivity index (χ0v) is 18.5. The summed E-state index contributed by atoms with van der Waals surface area (Å²) in [5.74, 6) is -3.76. The highest BCUT2D eigenvalue weighted by Gasteiger charge is 2.43. The van der Waals surface area contributed by atoms with Gasteiger partial charge in [0.15, 0.2) is 21.5 Å². The van der Waals surface area contributed by atoms with E-state index in [9.17, 15) is 26.8 Å². The number of hydrogen-bond acceptors (Lipinski definition) is 5. The van der Waals surface area contributed by atoms with Crippen molar-refractivity contribution in [3.05, 3.63) is 58.6 Å². The average molecular weight is 487 g/mol. The Labute approximate surface area is 188 Å². The molecule has 0 unspecified atom stereocenters. The highest BCUT2D eigenvalue weighted by Crippen LogP contribution is 2.38. The van der Waals surface area contributed by atoms with Crippen LogP contribution in [0.25, 0.3) is 0 Å². The molecule has 1 atom stereocenters. The van der Waals surface area contributed by atoms with Gasteiger partial charge in [0.1, 0.15) is 0 Å². The molecule has 2 amide bonds. The standard InChI is InChI=1S/C21H21ClF2N2O5S/c1-11(10-27)25-21(29)13-6-15(7-13)32(30,31)19-8-12(2-4-16(19)22)20(28)26-14-3-5-17(23)18(24)9-14/h2-5,8-9,11,13,15,27H,6-7,10H2,1H3,(H,25,29)(H,26,28)/t11-,13-,15-/m0/s1. The van der Waals surface area contributed by atoms with Crippen molar-refractivity contribution in [1.82, 2.24) is 5.32 Å². The molecule has 0 saturated heterocycles. The second kappa shape index (κ2) is 9.51. The molecule has 0 aromatic heterocycles. The van der Waals surface area contributed by atoms with E-state index in [2.05, 4.69) is 10.6 Å². The van der Waals surface area contributed by atoms with Gasteiger partial charge in [-0.15, -0.1) is 0 Å². The van der Waals surface area contributed by atoms with Crippen molar-refractivity contribution in [2.75, 3.05) is 11.9 Å².